The molecule has 0 aliphatic carbocycles. The van der Waals surface area contributed by atoms with E-state index in [1.165, 1.54) is 0 Å². The van der Waals surface area contributed by atoms with Gasteiger partial charge in [0.25, 0.3) is 0 Å². The molecule has 1 heterocycles. The van der Waals surface area contributed by atoms with E-state index in [9.17, 15) is 0 Å². The Labute approximate surface area is 148 Å². The lowest BCUT2D eigenvalue weighted by Crippen LogP contribution is -2.11. The summed E-state index contributed by atoms with van der Waals surface area (Å²) < 4.78 is 3.70. The van der Waals surface area contributed by atoms with E-state index in [1.807, 2.05) is 36.4 Å². The summed E-state index contributed by atoms with van der Waals surface area (Å²) in [6.07, 6.45) is 0. The summed E-state index contributed by atoms with van der Waals surface area (Å²) in [6, 6.07) is 11.6. The number of alkyl halides is 3. The number of nitrogens with zero attached hydrogens (tertiary/aromatic N) is 3. The number of benzene rings is 2. The highest BCUT2D eigenvalue weighted by atomic mass is 35.6. The summed E-state index contributed by atoms with van der Waals surface area (Å²) in [5.74, 6) is 1.82. The Balaban J connectivity index is 2.28. The van der Waals surface area contributed by atoms with Crippen molar-refractivity contribution in [2.75, 3.05) is 7.11 Å². The maximum absolute atomic E-state index is 5.91. The number of hydrogen-bond donors (Lipinski definition) is 0. The molecule has 7 heteroatoms. The number of methoxy groups -OCH3 is 1. The van der Waals surface area contributed by atoms with Crippen LogP contribution in [-0.2, 0) is 3.79 Å². The lowest BCUT2D eigenvalue weighted by Gasteiger charge is -2.13. The predicted octanol–water partition coefficient (Wildman–Crippen LogP) is 4.84. The van der Waals surface area contributed by atoms with Gasteiger partial charge in [-0.25, -0.2) is 15.0 Å². The molecule has 0 aliphatic heterocycles. The van der Waals surface area contributed by atoms with Gasteiger partial charge < -0.3 is 4.74 Å². The Hall–Kier alpha value is -1.62. The van der Waals surface area contributed by atoms with Gasteiger partial charge in [0.1, 0.15) is 11.6 Å². The van der Waals surface area contributed by atoms with Crippen molar-refractivity contribution in [1.29, 1.82) is 0 Å². The molecular formula is C16H12Cl3N3O. The van der Waals surface area contributed by atoms with Crippen LogP contribution in [0.2, 0.25) is 0 Å². The molecule has 0 saturated carbocycles. The molecule has 3 rings (SSSR count). The lowest BCUT2D eigenvalue weighted by atomic mass is 10.0. The highest BCUT2D eigenvalue weighted by Crippen LogP contribution is 2.37. The van der Waals surface area contributed by atoms with Crippen LogP contribution in [0.1, 0.15) is 11.6 Å². The molecule has 1 aromatic heterocycles. The standard InChI is InChI=1S/C16H12Cl3N3O/c1-9-20-14(22-15(21-9)16(17,18)19)12-7-8-13(23-2)11-6-4-3-5-10(11)12/h3-8H,1-2H3. The SMILES string of the molecule is COc1ccc(-c2nc(C)nc(C(Cl)(Cl)Cl)n2)c2ccccc12. The van der Waals surface area contributed by atoms with Gasteiger partial charge in [0.2, 0.25) is 3.79 Å². The number of rotatable bonds is 2. The first kappa shape index (κ1) is 16.2. The quantitative estimate of drug-likeness (QED) is 0.608. The maximum Gasteiger partial charge on any atom is 0.250 e. The van der Waals surface area contributed by atoms with Crippen molar-refractivity contribution in [3.63, 3.8) is 0 Å². The van der Waals surface area contributed by atoms with Crippen LogP contribution in [-0.4, -0.2) is 22.1 Å². The fraction of sp³-hybridized carbons (Fsp3) is 0.188. The number of fused-ring (bicyclic) bond motifs is 1. The van der Waals surface area contributed by atoms with E-state index in [2.05, 4.69) is 15.0 Å². The van der Waals surface area contributed by atoms with Crippen molar-refractivity contribution in [2.24, 2.45) is 0 Å². The largest absolute Gasteiger partial charge is 0.496 e. The van der Waals surface area contributed by atoms with E-state index in [0.717, 1.165) is 22.1 Å². The Morgan fingerprint density at radius 3 is 2.26 bits per heavy atom. The van der Waals surface area contributed by atoms with Gasteiger partial charge in [-0.1, -0.05) is 59.1 Å². The van der Waals surface area contributed by atoms with Gasteiger partial charge in [0.15, 0.2) is 11.6 Å². The van der Waals surface area contributed by atoms with Gasteiger partial charge >= 0.3 is 0 Å². The molecule has 23 heavy (non-hydrogen) atoms. The topological polar surface area (TPSA) is 47.9 Å². The second-order valence-electron chi connectivity index (χ2n) is 4.89. The summed E-state index contributed by atoms with van der Waals surface area (Å²) >= 11 is 17.7. The molecule has 0 radical (unpaired) electrons. The van der Waals surface area contributed by atoms with Crippen LogP contribution < -0.4 is 4.74 Å². The van der Waals surface area contributed by atoms with Gasteiger partial charge in [-0.2, -0.15) is 0 Å². The first-order valence-corrected chi connectivity index (χ1v) is 7.89. The van der Waals surface area contributed by atoms with Crippen LogP contribution in [0.5, 0.6) is 5.75 Å². The third-order valence-corrected chi connectivity index (χ3v) is 3.85. The van der Waals surface area contributed by atoms with E-state index in [4.69, 9.17) is 39.5 Å². The lowest BCUT2D eigenvalue weighted by molar-refractivity contribution is 0.420. The normalized spacial score (nSPS) is 11.7. The number of hydrogen-bond acceptors (Lipinski definition) is 4. The Bertz CT molecular complexity index is 878. The van der Waals surface area contributed by atoms with Crippen LogP contribution in [0.4, 0.5) is 0 Å². The van der Waals surface area contributed by atoms with Crippen molar-refractivity contribution in [1.82, 2.24) is 15.0 Å². The van der Waals surface area contributed by atoms with Gasteiger partial charge in [0, 0.05) is 10.9 Å². The van der Waals surface area contributed by atoms with Crippen molar-refractivity contribution < 1.29 is 4.74 Å². The van der Waals surface area contributed by atoms with E-state index >= 15 is 0 Å². The zero-order valence-corrected chi connectivity index (χ0v) is 14.6. The third-order valence-electron chi connectivity index (χ3n) is 3.35. The molecule has 3 aromatic rings. The van der Waals surface area contributed by atoms with Gasteiger partial charge in [-0.05, 0) is 24.4 Å². The van der Waals surface area contributed by atoms with Crippen LogP contribution >= 0.6 is 34.8 Å². The van der Waals surface area contributed by atoms with Crippen molar-refractivity contribution >= 4 is 45.6 Å². The minimum atomic E-state index is -1.70. The smallest absolute Gasteiger partial charge is 0.250 e. The molecule has 0 atom stereocenters. The minimum absolute atomic E-state index is 0.102. The van der Waals surface area contributed by atoms with E-state index < -0.39 is 3.79 Å². The molecule has 4 nitrogen and oxygen atoms in total. The molecule has 118 valence electrons. The Morgan fingerprint density at radius 1 is 0.913 bits per heavy atom. The van der Waals surface area contributed by atoms with E-state index in [-0.39, 0.29) is 5.82 Å². The molecular weight excluding hydrogens is 357 g/mol. The fourth-order valence-electron chi connectivity index (χ4n) is 2.37. The summed E-state index contributed by atoms with van der Waals surface area (Å²) in [5, 5.41) is 1.91. The second-order valence-corrected chi connectivity index (χ2v) is 7.17. The zero-order chi connectivity index (χ0) is 16.6. The van der Waals surface area contributed by atoms with Crippen LogP contribution in [0, 0.1) is 6.92 Å². The first-order valence-electron chi connectivity index (χ1n) is 6.76. The van der Waals surface area contributed by atoms with Gasteiger partial charge in [-0.15, -0.1) is 0 Å². The minimum Gasteiger partial charge on any atom is -0.496 e. The fourth-order valence-corrected chi connectivity index (χ4v) is 2.63. The van der Waals surface area contributed by atoms with Gasteiger partial charge in [0.05, 0.1) is 7.11 Å². The summed E-state index contributed by atoms with van der Waals surface area (Å²) in [6.45, 7) is 1.73. The van der Waals surface area contributed by atoms with Crippen LogP contribution in [0.15, 0.2) is 36.4 Å². The Kier molecular flexibility index (Phi) is 4.32. The van der Waals surface area contributed by atoms with E-state index in [1.54, 1.807) is 14.0 Å². The molecule has 0 spiro atoms. The summed E-state index contributed by atoms with van der Waals surface area (Å²) in [5.41, 5.74) is 0.822. The summed E-state index contributed by atoms with van der Waals surface area (Å²) in [7, 11) is 1.63. The maximum atomic E-state index is 5.91. The average molecular weight is 369 g/mol. The molecule has 0 aliphatic rings. The van der Waals surface area contributed by atoms with Crippen molar-refractivity contribution in [3.8, 4) is 17.1 Å². The zero-order valence-electron chi connectivity index (χ0n) is 12.3. The third kappa shape index (κ3) is 3.20. The first-order chi connectivity index (χ1) is 10.9. The molecule has 0 bridgehead atoms. The molecule has 0 unspecified atom stereocenters. The monoisotopic (exact) mass is 367 g/mol. The molecule has 0 saturated heterocycles. The number of ether oxygens (including phenoxy) is 1. The molecule has 0 amide bonds. The molecule has 0 fully saturated rings. The number of halogens is 3. The molecule has 0 N–H and O–H groups in total. The number of aryl methyl sites for hydroxylation is 1. The summed E-state index contributed by atoms with van der Waals surface area (Å²) in [4.78, 5) is 12.8. The predicted molar refractivity (Wildman–Crippen MR) is 93.3 cm³/mol. The average Bonchev–Trinajstić information content (AvgIpc) is 2.52. The van der Waals surface area contributed by atoms with Crippen LogP contribution in [0.3, 0.4) is 0 Å². The van der Waals surface area contributed by atoms with E-state index in [0.29, 0.717) is 11.6 Å². The van der Waals surface area contributed by atoms with Gasteiger partial charge in [-0.3, -0.25) is 0 Å². The highest BCUT2D eigenvalue weighted by Gasteiger charge is 2.28. The second kappa shape index (κ2) is 6.11. The van der Waals surface area contributed by atoms with Crippen molar-refractivity contribution in [3.05, 3.63) is 48.0 Å². The van der Waals surface area contributed by atoms with Crippen LogP contribution in [0.25, 0.3) is 22.2 Å². The Morgan fingerprint density at radius 2 is 1.61 bits per heavy atom. The highest BCUT2D eigenvalue weighted by molar-refractivity contribution is 6.66. The van der Waals surface area contributed by atoms with Crippen molar-refractivity contribution in [2.45, 2.75) is 10.7 Å². The molecule has 2 aromatic carbocycles. The number of aromatic nitrogens is 3.